The molecule has 0 bridgehead atoms. The van der Waals surface area contributed by atoms with Crippen molar-refractivity contribution in [1.82, 2.24) is 9.97 Å². The molecule has 0 saturated heterocycles. The Kier molecular flexibility index (Phi) is 5.73. The third kappa shape index (κ3) is 4.19. The van der Waals surface area contributed by atoms with Crippen LogP contribution in [0.5, 0.6) is 5.88 Å². The summed E-state index contributed by atoms with van der Waals surface area (Å²) in [6.07, 6.45) is 3.02. The van der Waals surface area contributed by atoms with Crippen molar-refractivity contribution in [1.29, 1.82) is 0 Å². The molecule has 1 heterocycles. The van der Waals surface area contributed by atoms with Crippen LogP contribution in [0.25, 0.3) is 0 Å². The smallest absolute Gasteiger partial charge is 0.245 e. The molecule has 19 heavy (non-hydrogen) atoms. The van der Waals surface area contributed by atoms with E-state index in [2.05, 4.69) is 35.7 Å². The van der Waals surface area contributed by atoms with E-state index in [1.54, 1.807) is 0 Å². The van der Waals surface area contributed by atoms with Gasteiger partial charge in [0.25, 0.3) is 0 Å². The fourth-order valence-corrected chi connectivity index (χ4v) is 1.87. The first-order chi connectivity index (χ1) is 8.99. The van der Waals surface area contributed by atoms with Crippen LogP contribution in [-0.2, 0) is 0 Å². The van der Waals surface area contributed by atoms with Crippen LogP contribution in [0.4, 0.5) is 11.6 Å². The highest BCUT2D eigenvalue weighted by Gasteiger charge is 2.12. The average Bonchev–Trinajstić information content (AvgIpc) is 2.32. The normalized spacial score (nSPS) is 13.2. The zero-order valence-electron chi connectivity index (χ0n) is 12.5. The second kappa shape index (κ2) is 7.07. The Hall–Kier alpha value is -1.65. The van der Waals surface area contributed by atoms with E-state index >= 15 is 0 Å². The Labute approximate surface area is 115 Å². The summed E-state index contributed by atoms with van der Waals surface area (Å²) in [5.41, 5.74) is 7.05. The maximum absolute atomic E-state index is 5.63. The Balaban J connectivity index is 3.08. The van der Waals surface area contributed by atoms with Crippen LogP contribution in [0.15, 0.2) is 4.99 Å². The summed E-state index contributed by atoms with van der Waals surface area (Å²) in [7, 11) is 0. The lowest BCUT2D eigenvalue weighted by molar-refractivity contribution is 0.328. The van der Waals surface area contributed by atoms with Gasteiger partial charge in [0.1, 0.15) is 5.69 Å². The van der Waals surface area contributed by atoms with Gasteiger partial charge in [-0.15, -0.1) is 0 Å². The van der Waals surface area contributed by atoms with Crippen LogP contribution < -0.4 is 10.5 Å². The van der Waals surface area contributed by atoms with E-state index in [0.29, 0.717) is 30.0 Å². The molecular weight excluding hydrogens is 240 g/mol. The van der Waals surface area contributed by atoms with E-state index in [0.717, 1.165) is 12.1 Å². The van der Waals surface area contributed by atoms with Crippen LogP contribution >= 0.6 is 0 Å². The summed E-state index contributed by atoms with van der Waals surface area (Å²) in [4.78, 5) is 12.8. The first kappa shape index (κ1) is 15.4. The van der Waals surface area contributed by atoms with E-state index < -0.39 is 0 Å². The number of rotatable bonds is 6. The molecule has 0 radical (unpaired) electrons. The van der Waals surface area contributed by atoms with Gasteiger partial charge in [0.05, 0.1) is 12.3 Å². The molecule has 0 aliphatic rings. The van der Waals surface area contributed by atoms with Crippen molar-refractivity contribution in [2.75, 3.05) is 12.3 Å². The van der Waals surface area contributed by atoms with Crippen molar-refractivity contribution in [2.45, 2.75) is 41.0 Å². The highest BCUT2D eigenvalue weighted by molar-refractivity contribution is 5.69. The van der Waals surface area contributed by atoms with E-state index in [4.69, 9.17) is 10.5 Å². The summed E-state index contributed by atoms with van der Waals surface area (Å²) in [6.45, 7) is 10.8. The van der Waals surface area contributed by atoms with Gasteiger partial charge in [0.2, 0.25) is 11.8 Å². The molecule has 2 N–H and O–H groups in total. The molecule has 1 aromatic heterocycles. The number of nitrogens with zero attached hydrogens (tertiary/aromatic N) is 3. The van der Waals surface area contributed by atoms with Gasteiger partial charge in [0.15, 0.2) is 0 Å². The van der Waals surface area contributed by atoms with Crippen LogP contribution in [0.2, 0.25) is 0 Å². The predicted molar refractivity (Wildman–Crippen MR) is 79.1 cm³/mol. The Bertz CT molecular complexity index is 443. The summed E-state index contributed by atoms with van der Waals surface area (Å²) in [6, 6.07) is 0. The van der Waals surface area contributed by atoms with Crippen LogP contribution in [0.1, 0.15) is 39.8 Å². The summed E-state index contributed by atoms with van der Waals surface area (Å²) < 4.78 is 5.48. The van der Waals surface area contributed by atoms with E-state index in [1.165, 1.54) is 0 Å². The third-order valence-electron chi connectivity index (χ3n) is 3.05. The minimum absolute atomic E-state index is 0.218. The molecule has 0 aliphatic heterocycles. The number of aliphatic imine (C=N–C) groups is 1. The number of nitrogens with two attached hydrogens (primary N) is 1. The second-order valence-corrected chi connectivity index (χ2v) is 4.85. The Morgan fingerprint density at radius 3 is 2.53 bits per heavy atom. The van der Waals surface area contributed by atoms with Crippen molar-refractivity contribution in [2.24, 2.45) is 16.8 Å². The van der Waals surface area contributed by atoms with Crippen molar-refractivity contribution >= 4 is 17.9 Å². The van der Waals surface area contributed by atoms with Crippen LogP contribution in [0, 0.1) is 18.8 Å². The maximum atomic E-state index is 5.63. The molecule has 1 rings (SSSR count). The lowest BCUT2D eigenvalue weighted by Gasteiger charge is -2.14. The Morgan fingerprint density at radius 2 is 2.00 bits per heavy atom. The van der Waals surface area contributed by atoms with Gasteiger partial charge in [-0.05, 0) is 32.1 Å². The number of nitrogen functional groups attached to an aromatic ring is 1. The van der Waals surface area contributed by atoms with E-state index in [9.17, 15) is 0 Å². The van der Waals surface area contributed by atoms with Gasteiger partial charge in [-0.25, -0.2) is 4.98 Å². The van der Waals surface area contributed by atoms with Crippen LogP contribution in [-0.4, -0.2) is 22.8 Å². The molecule has 0 aromatic carbocycles. The number of anilines is 1. The van der Waals surface area contributed by atoms with Crippen molar-refractivity contribution in [3.05, 3.63) is 5.69 Å². The monoisotopic (exact) mass is 264 g/mol. The second-order valence-electron chi connectivity index (χ2n) is 4.85. The van der Waals surface area contributed by atoms with Gasteiger partial charge >= 0.3 is 0 Å². The van der Waals surface area contributed by atoms with Crippen molar-refractivity contribution < 1.29 is 4.74 Å². The van der Waals surface area contributed by atoms with Gasteiger partial charge in [-0.2, -0.15) is 4.98 Å². The first-order valence-corrected chi connectivity index (χ1v) is 6.80. The van der Waals surface area contributed by atoms with Crippen molar-refractivity contribution in [3.8, 4) is 5.88 Å². The molecule has 0 aliphatic carbocycles. The largest absolute Gasteiger partial charge is 0.476 e. The SMILES string of the molecule is CCOc1nc(N)nc(C)c1N=CC(CC)C(C)C. The summed E-state index contributed by atoms with van der Waals surface area (Å²) in [5.74, 6) is 1.67. The zero-order valence-corrected chi connectivity index (χ0v) is 12.5. The molecule has 1 aromatic rings. The predicted octanol–water partition coefficient (Wildman–Crippen LogP) is 3.15. The van der Waals surface area contributed by atoms with Gasteiger partial charge in [-0.1, -0.05) is 20.8 Å². The third-order valence-corrected chi connectivity index (χ3v) is 3.05. The average molecular weight is 264 g/mol. The summed E-state index contributed by atoms with van der Waals surface area (Å²) in [5, 5.41) is 0. The molecule has 0 amide bonds. The maximum Gasteiger partial charge on any atom is 0.245 e. The number of hydrogen-bond donors (Lipinski definition) is 1. The highest BCUT2D eigenvalue weighted by Crippen LogP contribution is 2.29. The van der Waals surface area contributed by atoms with Crippen LogP contribution in [0.3, 0.4) is 0 Å². The van der Waals surface area contributed by atoms with Gasteiger partial charge in [-0.3, -0.25) is 4.99 Å². The van der Waals surface area contributed by atoms with E-state index in [1.807, 2.05) is 20.1 Å². The molecule has 106 valence electrons. The quantitative estimate of drug-likeness (QED) is 0.801. The molecule has 0 spiro atoms. The zero-order chi connectivity index (χ0) is 14.4. The van der Waals surface area contributed by atoms with Gasteiger partial charge in [0, 0.05) is 6.21 Å². The lowest BCUT2D eigenvalue weighted by atomic mass is 9.95. The molecule has 1 unspecified atom stereocenters. The molecule has 1 atom stereocenters. The Morgan fingerprint density at radius 1 is 1.32 bits per heavy atom. The molecule has 5 nitrogen and oxygen atoms in total. The fourth-order valence-electron chi connectivity index (χ4n) is 1.87. The molecular formula is C14H24N4O. The summed E-state index contributed by atoms with van der Waals surface area (Å²) >= 11 is 0. The molecule has 5 heteroatoms. The standard InChI is InChI=1S/C14H24N4O/c1-6-11(9(3)4)8-16-12-10(5)17-14(15)18-13(12)19-7-2/h8-9,11H,6-7H2,1-5H3,(H2,15,17,18). The number of aryl methyl sites for hydroxylation is 1. The highest BCUT2D eigenvalue weighted by atomic mass is 16.5. The van der Waals surface area contributed by atoms with E-state index in [-0.39, 0.29) is 5.95 Å². The number of hydrogen-bond acceptors (Lipinski definition) is 5. The lowest BCUT2D eigenvalue weighted by Crippen LogP contribution is -2.09. The molecule has 0 saturated carbocycles. The first-order valence-electron chi connectivity index (χ1n) is 6.80. The minimum Gasteiger partial charge on any atom is -0.476 e. The molecule has 0 fully saturated rings. The minimum atomic E-state index is 0.218. The number of aromatic nitrogens is 2. The van der Waals surface area contributed by atoms with Crippen molar-refractivity contribution in [3.63, 3.8) is 0 Å². The van der Waals surface area contributed by atoms with Gasteiger partial charge < -0.3 is 10.5 Å². The fraction of sp³-hybridized carbons (Fsp3) is 0.643. The number of ether oxygens (including phenoxy) is 1. The topological polar surface area (TPSA) is 73.4 Å².